The van der Waals surface area contributed by atoms with Crippen LogP contribution in [0.15, 0.2) is 54.8 Å². The lowest BCUT2D eigenvalue weighted by Gasteiger charge is -2.12. The molecule has 7 heteroatoms. The molecule has 4 aromatic rings. The molecule has 2 aromatic carbocycles. The number of esters is 1. The van der Waals surface area contributed by atoms with Gasteiger partial charge in [-0.15, -0.1) is 0 Å². The van der Waals surface area contributed by atoms with Crippen LogP contribution in [0.2, 0.25) is 0 Å². The predicted octanol–water partition coefficient (Wildman–Crippen LogP) is 4.63. The van der Waals surface area contributed by atoms with Gasteiger partial charge < -0.3 is 18.3 Å². The second-order valence-electron chi connectivity index (χ2n) is 7.89. The van der Waals surface area contributed by atoms with Crippen molar-refractivity contribution in [3.05, 3.63) is 79.5 Å². The van der Waals surface area contributed by atoms with Crippen LogP contribution < -0.4 is 20.7 Å². The van der Waals surface area contributed by atoms with Crippen molar-refractivity contribution in [3.63, 3.8) is 0 Å². The number of hydrogen-bond acceptors (Lipinski definition) is 7. The van der Waals surface area contributed by atoms with Gasteiger partial charge in [-0.3, -0.25) is 4.79 Å². The van der Waals surface area contributed by atoms with E-state index in [-0.39, 0.29) is 12.8 Å². The number of fused-ring (bicyclic) bond motifs is 2. The van der Waals surface area contributed by atoms with Crippen molar-refractivity contribution in [2.75, 3.05) is 7.11 Å². The Kier molecular flexibility index (Phi) is 6.05. The zero-order chi connectivity index (χ0) is 23.7. The van der Waals surface area contributed by atoms with Crippen LogP contribution >= 0.6 is 0 Å². The molecule has 0 unspecified atom stereocenters. The van der Waals surface area contributed by atoms with Crippen LogP contribution in [0.25, 0.3) is 21.9 Å². The molecule has 0 saturated heterocycles. The van der Waals surface area contributed by atoms with Gasteiger partial charge in [0.2, 0.25) is 0 Å². The van der Waals surface area contributed by atoms with Crippen molar-refractivity contribution < 1.29 is 23.1 Å². The molecule has 0 fully saturated rings. The lowest BCUT2D eigenvalue weighted by molar-refractivity contribution is -0.134. The maximum absolute atomic E-state index is 12.6. The number of aryl methyl sites for hydroxylation is 3. The highest BCUT2D eigenvalue weighted by Crippen LogP contribution is 2.29. The van der Waals surface area contributed by atoms with E-state index in [1.54, 1.807) is 25.3 Å². The van der Waals surface area contributed by atoms with E-state index in [0.29, 0.717) is 34.6 Å². The van der Waals surface area contributed by atoms with Crippen molar-refractivity contribution in [2.45, 2.75) is 40.0 Å². The molecule has 7 nitrogen and oxygen atoms in total. The van der Waals surface area contributed by atoms with E-state index in [1.165, 1.54) is 6.07 Å². The Balaban J connectivity index is 1.58. The molecule has 0 bridgehead atoms. The summed E-state index contributed by atoms with van der Waals surface area (Å²) >= 11 is 0. The Labute approximate surface area is 189 Å². The second kappa shape index (κ2) is 8.94. The van der Waals surface area contributed by atoms with Crippen molar-refractivity contribution in [3.8, 4) is 11.5 Å². The fraction of sp³-hybridized carbons (Fsp3) is 0.269. The van der Waals surface area contributed by atoms with Crippen LogP contribution in [0.3, 0.4) is 0 Å². The van der Waals surface area contributed by atoms with E-state index in [0.717, 1.165) is 27.5 Å². The SMILES string of the molecule is CCc1cc2c(C)cc(=O)oc2cc1OC(=O)CCc1c(C)c2ccc(OC)cc2oc1=O. The van der Waals surface area contributed by atoms with Crippen molar-refractivity contribution >= 4 is 27.9 Å². The first-order valence-electron chi connectivity index (χ1n) is 10.7. The lowest BCUT2D eigenvalue weighted by Crippen LogP contribution is -2.15. The van der Waals surface area contributed by atoms with Gasteiger partial charge in [0, 0.05) is 34.5 Å². The maximum Gasteiger partial charge on any atom is 0.339 e. The van der Waals surface area contributed by atoms with Gasteiger partial charge in [0.25, 0.3) is 0 Å². The minimum atomic E-state index is -0.493. The van der Waals surface area contributed by atoms with E-state index in [2.05, 4.69) is 0 Å². The first kappa shape index (κ1) is 22.3. The summed E-state index contributed by atoms with van der Waals surface area (Å²) in [5, 5.41) is 1.58. The topological polar surface area (TPSA) is 95.9 Å². The van der Waals surface area contributed by atoms with Crippen molar-refractivity contribution in [1.82, 2.24) is 0 Å². The molecule has 0 aliphatic rings. The van der Waals surface area contributed by atoms with Crippen LogP contribution in [0.4, 0.5) is 0 Å². The smallest absolute Gasteiger partial charge is 0.339 e. The summed E-state index contributed by atoms with van der Waals surface area (Å²) in [6.45, 7) is 5.61. The maximum atomic E-state index is 12.6. The zero-order valence-corrected chi connectivity index (χ0v) is 18.9. The van der Waals surface area contributed by atoms with Gasteiger partial charge in [0.05, 0.1) is 13.5 Å². The minimum absolute atomic E-state index is 0.00772. The molecule has 0 spiro atoms. The number of ether oxygens (including phenoxy) is 2. The van der Waals surface area contributed by atoms with Gasteiger partial charge >= 0.3 is 17.2 Å². The summed E-state index contributed by atoms with van der Waals surface area (Å²) < 4.78 is 21.5. The fourth-order valence-electron chi connectivity index (χ4n) is 3.95. The minimum Gasteiger partial charge on any atom is -0.497 e. The lowest BCUT2D eigenvalue weighted by atomic mass is 10.0. The Bertz CT molecular complexity index is 1490. The molecule has 2 heterocycles. The van der Waals surface area contributed by atoms with Crippen molar-refractivity contribution in [2.24, 2.45) is 0 Å². The molecule has 0 aliphatic carbocycles. The number of benzene rings is 2. The Hall–Kier alpha value is -3.87. The first-order chi connectivity index (χ1) is 15.8. The third-order valence-electron chi connectivity index (χ3n) is 5.81. The number of carbonyl (C=O) groups is 1. The van der Waals surface area contributed by atoms with Crippen LogP contribution in [0.5, 0.6) is 11.5 Å². The van der Waals surface area contributed by atoms with E-state index in [9.17, 15) is 14.4 Å². The first-order valence-corrected chi connectivity index (χ1v) is 10.7. The summed E-state index contributed by atoms with van der Waals surface area (Å²) in [4.78, 5) is 36.9. The quantitative estimate of drug-likeness (QED) is 0.241. The number of carbonyl (C=O) groups excluding carboxylic acids is 1. The molecule has 33 heavy (non-hydrogen) atoms. The van der Waals surface area contributed by atoms with Crippen LogP contribution in [-0.4, -0.2) is 13.1 Å². The van der Waals surface area contributed by atoms with Gasteiger partial charge in [-0.2, -0.15) is 0 Å². The summed E-state index contributed by atoms with van der Waals surface area (Å²) in [5.74, 6) is 0.445. The average Bonchev–Trinajstić information content (AvgIpc) is 2.78. The van der Waals surface area contributed by atoms with Crippen LogP contribution in [-0.2, 0) is 17.6 Å². The molecule has 0 aliphatic heterocycles. The Morgan fingerprint density at radius 1 is 0.970 bits per heavy atom. The van der Waals surface area contributed by atoms with Crippen LogP contribution in [0, 0.1) is 13.8 Å². The predicted molar refractivity (Wildman–Crippen MR) is 124 cm³/mol. The largest absolute Gasteiger partial charge is 0.497 e. The van der Waals surface area contributed by atoms with Gasteiger partial charge in [-0.05, 0) is 61.6 Å². The standard InChI is InChI=1S/C26H24O7/c1-5-16-11-20-14(2)10-25(28)32-23(20)13-21(16)31-24(27)9-8-19-15(3)18-7-6-17(30-4)12-22(18)33-26(19)29/h6-7,10-13H,5,8-9H2,1-4H3. The third-order valence-corrected chi connectivity index (χ3v) is 5.81. The Morgan fingerprint density at radius 2 is 1.73 bits per heavy atom. The fourth-order valence-corrected chi connectivity index (χ4v) is 3.95. The van der Waals surface area contributed by atoms with Gasteiger partial charge in [0.1, 0.15) is 22.7 Å². The van der Waals surface area contributed by atoms with E-state index in [1.807, 2.05) is 32.9 Å². The monoisotopic (exact) mass is 448 g/mol. The van der Waals surface area contributed by atoms with Crippen LogP contribution in [0.1, 0.15) is 35.6 Å². The average molecular weight is 448 g/mol. The van der Waals surface area contributed by atoms with Gasteiger partial charge in [0.15, 0.2) is 0 Å². The molecule has 0 radical (unpaired) electrons. The molecular weight excluding hydrogens is 424 g/mol. The van der Waals surface area contributed by atoms with Gasteiger partial charge in [-0.1, -0.05) is 6.92 Å². The van der Waals surface area contributed by atoms with E-state index >= 15 is 0 Å². The third kappa shape index (κ3) is 4.39. The second-order valence-corrected chi connectivity index (χ2v) is 7.89. The number of rotatable bonds is 6. The number of methoxy groups -OCH3 is 1. The zero-order valence-electron chi connectivity index (χ0n) is 18.9. The molecule has 0 amide bonds. The molecule has 0 N–H and O–H groups in total. The Morgan fingerprint density at radius 3 is 2.45 bits per heavy atom. The summed E-state index contributed by atoms with van der Waals surface area (Å²) in [5.41, 5.74) is 2.66. The summed E-state index contributed by atoms with van der Waals surface area (Å²) in [6.07, 6.45) is 0.804. The number of hydrogen-bond donors (Lipinski definition) is 0. The summed E-state index contributed by atoms with van der Waals surface area (Å²) in [6, 6.07) is 10.1. The highest BCUT2D eigenvalue weighted by atomic mass is 16.5. The van der Waals surface area contributed by atoms with E-state index in [4.69, 9.17) is 18.3 Å². The molecule has 0 atom stereocenters. The highest BCUT2D eigenvalue weighted by molar-refractivity contribution is 5.85. The summed E-state index contributed by atoms with van der Waals surface area (Å²) in [7, 11) is 1.54. The molecular formula is C26H24O7. The van der Waals surface area contributed by atoms with Crippen molar-refractivity contribution in [1.29, 1.82) is 0 Å². The van der Waals surface area contributed by atoms with Gasteiger partial charge in [-0.25, -0.2) is 9.59 Å². The van der Waals surface area contributed by atoms with E-state index < -0.39 is 17.2 Å². The normalized spacial score (nSPS) is 11.2. The highest BCUT2D eigenvalue weighted by Gasteiger charge is 2.16. The molecule has 0 saturated carbocycles. The molecule has 2 aromatic heterocycles. The molecule has 4 rings (SSSR count). The molecule has 170 valence electrons.